The van der Waals surface area contributed by atoms with Crippen LogP contribution in [0, 0.1) is 0 Å². The van der Waals surface area contributed by atoms with Crippen molar-refractivity contribution in [2.45, 2.75) is 6.29 Å². The lowest BCUT2D eigenvalue weighted by Gasteiger charge is -2.14. The van der Waals surface area contributed by atoms with Crippen LogP contribution in [0.15, 0.2) is 52.3 Å². The van der Waals surface area contributed by atoms with Crippen molar-refractivity contribution in [1.29, 1.82) is 0 Å². The lowest BCUT2D eigenvalue weighted by atomic mass is 10.0. The number of benzene rings is 2. The van der Waals surface area contributed by atoms with Crippen LogP contribution in [-0.4, -0.2) is 29.3 Å². The maximum Gasteiger partial charge on any atom is 0.345 e. The molecule has 0 unspecified atom stereocenters. The molecule has 0 aliphatic rings. The van der Waals surface area contributed by atoms with Crippen molar-refractivity contribution in [3.05, 3.63) is 63.4 Å². The van der Waals surface area contributed by atoms with E-state index in [2.05, 4.69) is 15.0 Å². The molecular formula is C16H13N4O5P. The van der Waals surface area contributed by atoms with Gasteiger partial charge < -0.3 is 19.8 Å². The second kappa shape index (κ2) is 5.77. The lowest BCUT2D eigenvalue weighted by Crippen LogP contribution is -2.36. The summed E-state index contributed by atoms with van der Waals surface area (Å²) in [6, 6.07) is 8.77. The van der Waals surface area contributed by atoms with Crippen LogP contribution in [-0.2, 0) is 10.9 Å². The highest BCUT2D eigenvalue weighted by Crippen LogP contribution is 2.38. The minimum Gasteiger partial charge on any atom is -0.345 e. The fraction of sp³-hybridized carbons (Fsp3) is 0.0625. The summed E-state index contributed by atoms with van der Waals surface area (Å²) in [6.45, 7) is 0. The van der Waals surface area contributed by atoms with Crippen molar-refractivity contribution in [3.63, 3.8) is 0 Å². The maximum absolute atomic E-state index is 12.2. The van der Waals surface area contributed by atoms with Crippen LogP contribution in [0.25, 0.3) is 33.2 Å². The number of fused-ring (bicyclic) bond motifs is 3. The van der Waals surface area contributed by atoms with E-state index in [9.17, 15) is 23.9 Å². The van der Waals surface area contributed by atoms with Crippen molar-refractivity contribution in [2.24, 2.45) is 0 Å². The first-order valence-electron chi connectivity index (χ1n) is 7.58. The zero-order valence-corrected chi connectivity index (χ0v) is 14.1. The van der Waals surface area contributed by atoms with Crippen molar-refractivity contribution in [3.8, 4) is 11.4 Å². The van der Waals surface area contributed by atoms with Gasteiger partial charge in [-0.05, 0) is 11.5 Å². The minimum atomic E-state index is -4.59. The summed E-state index contributed by atoms with van der Waals surface area (Å²) in [7, 11) is -4.59. The van der Waals surface area contributed by atoms with E-state index in [-0.39, 0.29) is 5.52 Å². The quantitative estimate of drug-likeness (QED) is 0.243. The van der Waals surface area contributed by atoms with E-state index >= 15 is 0 Å². The fourth-order valence-electron chi connectivity index (χ4n) is 3.04. The topological polar surface area (TPSA) is 141 Å². The van der Waals surface area contributed by atoms with E-state index in [0.29, 0.717) is 22.3 Å². The molecular weight excluding hydrogens is 359 g/mol. The molecule has 132 valence electrons. The molecule has 2 heterocycles. The molecule has 4 rings (SSSR count). The Balaban J connectivity index is 2.22. The fourth-order valence-corrected chi connectivity index (χ4v) is 3.69. The molecule has 0 atom stereocenters. The Morgan fingerprint density at radius 3 is 2.54 bits per heavy atom. The molecule has 2 aromatic carbocycles. The van der Waals surface area contributed by atoms with E-state index in [4.69, 9.17) is 0 Å². The van der Waals surface area contributed by atoms with Crippen molar-refractivity contribution < 1.29 is 14.4 Å². The number of hydrogen-bond donors (Lipinski definition) is 4. The number of aromatic amines is 2. The Morgan fingerprint density at radius 1 is 1.15 bits per heavy atom. The van der Waals surface area contributed by atoms with Crippen LogP contribution < -0.4 is 11.1 Å². The van der Waals surface area contributed by atoms with E-state index in [1.54, 1.807) is 30.6 Å². The molecule has 0 saturated heterocycles. The number of nitrogens with zero attached hydrogens (tertiary/aromatic N) is 2. The minimum absolute atomic E-state index is 0.211. The van der Waals surface area contributed by atoms with Crippen LogP contribution in [0.5, 0.6) is 0 Å². The third-order valence-corrected chi connectivity index (χ3v) is 4.72. The summed E-state index contributed by atoms with van der Waals surface area (Å²) in [6.07, 6.45) is 2.33. The largest absolute Gasteiger partial charge is 0.345 e. The molecule has 0 aliphatic carbocycles. The third-order valence-electron chi connectivity index (χ3n) is 4.07. The second-order valence-electron chi connectivity index (χ2n) is 5.80. The summed E-state index contributed by atoms with van der Waals surface area (Å²) in [5.41, 5.74) is -0.788. The first-order valence-corrected chi connectivity index (χ1v) is 9.38. The maximum atomic E-state index is 12.2. The smallest absolute Gasteiger partial charge is 0.345 e. The number of aromatic nitrogens is 4. The number of rotatable bonds is 3. The molecule has 0 saturated carbocycles. The monoisotopic (exact) mass is 372 g/mol. The molecule has 2 aromatic heterocycles. The number of H-pyrrole nitrogens is 2. The van der Waals surface area contributed by atoms with E-state index < -0.39 is 25.0 Å². The Kier molecular flexibility index (Phi) is 3.66. The Bertz CT molecular complexity index is 1300. The first-order chi connectivity index (χ1) is 12.3. The van der Waals surface area contributed by atoms with E-state index in [1.807, 2.05) is 12.1 Å². The van der Waals surface area contributed by atoms with Crippen LogP contribution in [0.2, 0.25) is 0 Å². The van der Waals surface area contributed by atoms with Gasteiger partial charge in [-0.1, -0.05) is 24.3 Å². The molecule has 10 heteroatoms. The van der Waals surface area contributed by atoms with Gasteiger partial charge in [0.05, 0.1) is 11.0 Å². The normalized spacial score (nSPS) is 12.1. The highest BCUT2D eigenvalue weighted by molar-refractivity contribution is 7.50. The van der Waals surface area contributed by atoms with Gasteiger partial charge in [0.1, 0.15) is 12.1 Å². The van der Waals surface area contributed by atoms with Crippen LogP contribution in [0.3, 0.4) is 0 Å². The van der Waals surface area contributed by atoms with Gasteiger partial charge in [0.15, 0.2) is 0 Å². The SMILES string of the molecule is O=c1[nH]c2c3ccccc3c(-c3ncc[nH]3)cc2n(CP(=O)(O)O)c1=O. The average molecular weight is 372 g/mol. The summed E-state index contributed by atoms with van der Waals surface area (Å²) in [4.78, 5) is 52.7. The van der Waals surface area contributed by atoms with Crippen molar-refractivity contribution >= 4 is 29.4 Å². The number of imidazole rings is 1. The van der Waals surface area contributed by atoms with Crippen LogP contribution in [0.4, 0.5) is 0 Å². The third kappa shape index (κ3) is 2.68. The van der Waals surface area contributed by atoms with Gasteiger partial charge in [-0.3, -0.25) is 18.7 Å². The molecule has 4 N–H and O–H groups in total. The van der Waals surface area contributed by atoms with Gasteiger partial charge >= 0.3 is 18.7 Å². The zero-order chi connectivity index (χ0) is 18.5. The highest BCUT2D eigenvalue weighted by Gasteiger charge is 2.21. The van der Waals surface area contributed by atoms with Crippen molar-refractivity contribution in [2.75, 3.05) is 0 Å². The van der Waals surface area contributed by atoms with Gasteiger partial charge in [0, 0.05) is 23.3 Å². The zero-order valence-electron chi connectivity index (χ0n) is 13.2. The predicted octanol–water partition coefficient (Wildman–Crippen LogP) is 1.37. The summed E-state index contributed by atoms with van der Waals surface area (Å²) < 4.78 is 12.3. The average Bonchev–Trinajstić information content (AvgIpc) is 3.12. The van der Waals surface area contributed by atoms with Gasteiger partial charge in [-0.25, -0.2) is 4.98 Å². The summed E-state index contributed by atoms with van der Waals surface area (Å²) in [5.74, 6) is 0.532. The lowest BCUT2D eigenvalue weighted by molar-refractivity contribution is 0.362. The number of nitrogens with one attached hydrogen (secondary N) is 2. The molecule has 0 fully saturated rings. The van der Waals surface area contributed by atoms with Gasteiger partial charge in [-0.2, -0.15) is 0 Å². The first kappa shape index (κ1) is 16.5. The Hall–Kier alpha value is -3.00. The Morgan fingerprint density at radius 2 is 1.88 bits per heavy atom. The molecule has 0 bridgehead atoms. The second-order valence-corrected chi connectivity index (χ2v) is 7.41. The van der Waals surface area contributed by atoms with E-state index in [1.165, 1.54) is 0 Å². The molecule has 4 aromatic rings. The summed E-state index contributed by atoms with van der Waals surface area (Å²) >= 11 is 0. The molecule has 0 amide bonds. The van der Waals surface area contributed by atoms with Gasteiger partial charge in [0.25, 0.3) is 0 Å². The van der Waals surface area contributed by atoms with Gasteiger partial charge in [0.2, 0.25) is 0 Å². The highest BCUT2D eigenvalue weighted by atomic mass is 31.2. The molecule has 0 aliphatic heterocycles. The van der Waals surface area contributed by atoms with Crippen LogP contribution >= 0.6 is 7.60 Å². The molecule has 0 spiro atoms. The standard InChI is InChI=1S/C16H13N4O5P/c21-15-16(22)20(8-26(23,24)25)12-7-11(14-17-5-6-18-14)9-3-1-2-4-10(9)13(12)19-15/h1-7H,8H2,(H,17,18)(H,19,21)(H2,23,24,25). The van der Waals surface area contributed by atoms with Crippen LogP contribution in [0.1, 0.15) is 0 Å². The molecule has 0 radical (unpaired) electrons. The van der Waals surface area contributed by atoms with Crippen molar-refractivity contribution in [1.82, 2.24) is 19.5 Å². The molecule has 26 heavy (non-hydrogen) atoms. The van der Waals surface area contributed by atoms with E-state index in [0.717, 1.165) is 9.95 Å². The summed E-state index contributed by atoms with van der Waals surface area (Å²) in [5, 5.41) is 1.40. The van der Waals surface area contributed by atoms with Gasteiger partial charge in [-0.15, -0.1) is 0 Å². The predicted molar refractivity (Wildman–Crippen MR) is 96.0 cm³/mol. The molecule has 9 nitrogen and oxygen atoms in total. The Labute approximate surface area is 145 Å². The number of hydrogen-bond acceptors (Lipinski definition) is 4.